The van der Waals surface area contributed by atoms with Gasteiger partial charge in [0.05, 0.1) is 19.3 Å². The van der Waals surface area contributed by atoms with Gasteiger partial charge in [0.25, 0.3) is 0 Å². The van der Waals surface area contributed by atoms with Crippen LogP contribution in [0.3, 0.4) is 0 Å². The molecule has 146 valence electrons. The average Bonchev–Trinajstić information content (AvgIpc) is 2.91. The molecule has 5 atom stereocenters. The lowest BCUT2D eigenvalue weighted by Crippen LogP contribution is -2.06. The van der Waals surface area contributed by atoms with Crippen LogP contribution in [0.5, 0.6) is 0 Å². The largest absolute Gasteiger partial charge is 0.481 e. The van der Waals surface area contributed by atoms with Gasteiger partial charge in [-0.05, 0) is 13.8 Å². The van der Waals surface area contributed by atoms with E-state index < -0.39 is 5.97 Å². The van der Waals surface area contributed by atoms with Gasteiger partial charge < -0.3 is 19.4 Å². The predicted molar refractivity (Wildman–Crippen MR) is 92.9 cm³/mol. The Kier molecular flexibility index (Phi) is 12.6. The monoisotopic (exact) mass is 360 g/mol. The maximum absolute atomic E-state index is 10.4. The Morgan fingerprint density at radius 1 is 1.08 bits per heavy atom. The number of hydrogen-bond acceptors (Lipinski definition) is 6. The molecule has 0 radical (unpaired) electrons. The van der Waals surface area contributed by atoms with Crippen molar-refractivity contribution in [3.63, 3.8) is 0 Å². The highest BCUT2D eigenvalue weighted by atomic mass is 16.6. The summed E-state index contributed by atoms with van der Waals surface area (Å²) in [5.74, 6) is -0.544. The zero-order chi connectivity index (χ0) is 18.9. The van der Waals surface area contributed by atoms with Crippen molar-refractivity contribution in [1.82, 2.24) is 0 Å². The molecule has 0 bridgehead atoms. The van der Waals surface area contributed by atoms with E-state index in [0.717, 1.165) is 0 Å². The molecule has 2 fully saturated rings. The van der Waals surface area contributed by atoms with Crippen molar-refractivity contribution in [1.29, 1.82) is 0 Å². The summed E-state index contributed by atoms with van der Waals surface area (Å²) >= 11 is 0. The number of carboxylic acids is 1. The van der Waals surface area contributed by atoms with Crippen LogP contribution in [0.1, 0.15) is 61.3 Å². The molecule has 25 heavy (non-hydrogen) atoms. The van der Waals surface area contributed by atoms with Crippen molar-refractivity contribution >= 4 is 24.2 Å². The second-order valence-electron chi connectivity index (χ2n) is 6.46. The molecule has 7 nitrogen and oxygen atoms in total. The molecule has 2 heterocycles. The number of carbonyl (C=O) groups is 4. The minimum Gasteiger partial charge on any atom is -0.481 e. The van der Waals surface area contributed by atoms with Crippen molar-refractivity contribution in [2.24, 2.45) is 17.8 Å². The SMILES string of the molecule is C.CC(C=O)CC(=O)O.CC1CC(=O)OC1C.CC1CC(=O)OC1C. The van der Waals surface area contributed by atoms with Gasteiger partial charge in [-0.2, -0.15) is 0 Å². The lowest BCUT2D eigenvalue weighted by Gasteiger charge is -2.03. The summed E-state index contributed by atoms with van der Waals surface area (Å²) in [6.45, 7) is 9.47. The van der Waals surface area contributed by atoms with Crippen LogP contribution in [-0.2, 0) is 28.7 Å². The molecule has 7 heteroatoms. The zero-order valence-electron chi connectivity index (χ0n) is 15.0. The van der Waals surface area contributed by atoms with Crippen LogP contribution in [0.25, 0.3) is 0 Å². The summed E-state index contributed by atoms with van der Waals surface area (Å²) in [6.07, 6.45) is 2.05. The second kappa shape index (κ2) is 12.4. The van der Waals surface area contributed by atoms with Crippen LogP contribution < -0.4 is 0 Å². The first-order valence-corrected chi connectivity index (χ1v) is 8.12. The molecule has 0 aromatic rings. The molecule has 0 aliphatic carbocycles. The fraction of sp³-hybridized carbons (Fsp3) is 0.778. The van der Waals surface area contributed by atoms with E-state index >= 15 is 0 Å². The third-order valence-corrected chi connectivity index (χ3v) is 3.94. The number of carboxylic acid groups (broad SMARTS) is 1. The minimum atomic E-state index is -0.926. The van der Waals surface area contributed by atoms with Crippen LogP contribution in [-0.4, -0.2) is 41.5 Å². The van der Waals surface area contributed by atoms with Gasteiger partial charge in [-0.25, -0.2) is 0 Å². The first kappa shape index (κ1) is 25.3. The molecule has 5 unspecified atom stereocenters. The summed E-state index contributed by atoms with van der Waals surface area (Å²) in [6, 6.07) is 0. The van der Waals surface area contributed by atoms with Crippen molar-refractivity contribution in [3.8, 4) is 0 Å². The maximum Gasteiger partial charge on any atom is 0.306 e. The van der Waals surface area contributed by atoms with Gasteiger partial charge in [0.15, 0.2) is 0 Å². The molecular formula is C18H32O7. The van der Waals surface area contributed by atoms with Gasteiger partial charge in [0, 0.05) is 17.8 Å². The van der Waals surface area contributed by atoms with Gasteiger partial charge in [0.2, 0.25) is 0 Å². The summed E-state index contributed by atoms with van der Waals surface area (Å²) in [7, 11) is 0. The number of cyclic esters (lactones) is 2. The molecule has 1 N–H and O–H groups in total. The smallest absolute Gasteiger partial charge is 0.306 e. The zero-order valence-corrected chi connectivity index (χ0v) is 15.0. The minimum absolute atomic E-state index is 0. The van der Waals surface area contributed by atoms with Crippen molar-refractivity contribution in [2.45, 2.75) is 73.5 Å². The summed E-state index contributed by atoms with van der Waals surface area (Å²) < 4.78 is 9.67. The Morgan fingerprint density at radius 3 is 1.52 bits per heavy atom. The summed E-state index contributed by atoms with van der Waals surface area (Å²) in [4.78, 5) is 40.5. The Morgan fingerprint density at radius 2 is 1.44 bits per heavy atom. The van der Waals surface area contributed by atoms with E-state index in [0.29, 0.717) is 31.0 Å². The van der Waals surface area contributed by atoms with Crippen LogP contribution in [0, 0.1) is 17.8 Å². The number of ether oxygens (including phenoxy) is 2. The Balaban J connectivity index is 0. The molecule has 0 spiro atoms. The number of rotatable bonds is 3. The summed E-state index contributed by atoms with van der Waals surface area (Å²) in [5.41, 5.74) is 0. The van der Waals surface area contributed by atoms with Crippen LogP contribution in [0.2, 0.25) is 0 Å². The highest BCUT2D eigenvalue weighted by Gasteiger charge is 2.27. The highest BCUT2D eigenvalue weighted by Crippen LogP contribution is 2.20. The fourth-order valence-electron chi connectivity index (χ4n) is 1.92. The second-order valence-corrected chi connectivity index (χ2v) is 6.46. The van der Waals surface area contributed by atoms with Crippen LogP contribution in [0.15, 0.2) is 0 Å². The Labute approximate surface area is 150 Å². The van der Waals surface area contributed by atoms with E-state index in [1.165, 1.54) is 0 Å². The fourth-order valence-corrected chi connectivity index (χ4v) is 1.92. The first-order chi connectivity index (χ1) is 11.1. The van der Waals surface area contributed by atoms with Gasteiger partial charge in [-0.1, -0.05) is 28.2 Å². The van der Waals surface area contributed by atoms with E-state index in [1.54, 1.807) is 6.92 Å². The maximum atomic E-state index is 10.4. The molecule has 0 amide bonds. The number of esters is 2. The van der Waals surface area contributed by atoms with Crippen molar-refractivity contribution in [3.05, 3.63) is 0 Å². The number of hydrogen-bond donors (Lipinski definition) is 1. The van der Waals surface area contributed by atoms with Crippen molar-refractivity contribution < 1.29 is 33.8 Å². The number of carbonyl (C=O) groups excluding carboxylic acids is 3. The van der Waals surface area contributed by atoms with E-state index in [1.807, 2.05) is 27.7 Å². The van der Waals surface area contributed by atoms with Gasteiger partial charge in [-0.3, -0.25) is 14.4 Å². The lowest BCUT2D eigenvalue weighted by atomic mass is 10.1. The molecule has 2 saturated heterocycles. The van der Waals surface area contributed by atoms with E-state index in [4.69, 9.17) is 14.6 Å². The molecule has 0 aromatic heterocycles. The average molecular weight is 360 g/mol. The lowest BCUT2D eigenvalue weighted by molar-refractivity contribution is -0.141. The molecule has 2 aliphatic heterocycles. The highest BCUT2D eigenvalue weighted by molar-refractivity contribution is 5.72. The van der Waals surface area contributed by atoms with Gasteiger partial charge >= 0.3 is 17.9 Å². The third kappa shape index (κ3) is 11.3. The Bertz CT molecular complexity index is 395. The van der Waals surface area contributed by atoms with Crippen molar-refractivity contribution in [2.75, 3.05) is 0 Å². The molecule has 2 aliphatic rings. The van der Waals surface area contributed by atoms with E-state index in [2.05, 4.69) is 0 Å². The third-order valence-electron chi connectivity index (χ3n) is 3.94. The van der Waals surface area contributed by atoms with E-state index in [9.17, 15) is 19.2 Å². The Hall–Kier alpha value is -1.92. The standard InChI is InChI=1S/2C6H10O2.C5H8O3.CH4/c2*1-4-3-6(7)8-5(4)2;1-4(3-6)2-5(7)8;/h2*4-5H,3H2,1-2H3;3-4H,2H2,1H3,(H,7,8);1H4. The van der Waals surface area contributed by atoms with Crippen LogP contribution in [0.4, 0.5) is 0 Å². The predicted octanol–water partition coefficient (Wildman–Crippen LogP) is 2.85. The number of aldehydes is 1. The summed E-state index contributed by atoms with van der Waals surface area (Å²) in [5, 5.41) is 8.06. The molecular weight excluding hydrogens is 328 g/mol. The molecule has 0 aromatic carbocycles. The van der Waals surface area contributed by atoms with Gasteiger partial charge in [0.1, 0.15) is 18.5 Å². The quantitative estimate of drug-likeness (QED) is 0.609. The first-order valence-electron chi connectivity index (χ1n) is 8.12. The molecule has 0 saturated carbocycles. The number of aliphatic carboxylic acids is 1. The topological polar surface area (TPSA) is 107 Å². The van der Waals surface area contributed by atoms with Crippen LogP contribution >= 0.6 is 0 Å². The molecule has 2 rings (SSSR count). The van der Waals surface area contributed by atoms with Gasteiger partial charge in [-0.15, -0.1) is 0 Å². The van der Waals surface area contributed by atoms with E-state index in [-0.39, 0.29) is 43.9 Å². The normalized spacial score (nSPS) is 28.0.